The first-order valence-electron chi connectivity index (χ1n) is 5.75. The van der Waals surface area contributed by atoms with Crippen LogP contribution in [0.3, 0.4) is 0 Å². The molecular formula is C12H17Br2O3P. The summed E-state index contributed by atoms with van der Waals surface area (Å²) in [7, 11) is -3.03. The molecule has 0 bridgehead atoms. The molecule has 0 unspecified atom stereocenters. The van der Waals surface area contributed by atoms with E-state index in [9.17, 15) is 4.57 Å². The summed E-state index contributed by atoms with van der Waals surface area (Å²) in [5, 5.41) is 0.757. The molecule has 0 radical (unpaired) electrons. The highest BCUT2D eigenvalue weighted by atomic mass is 79.9. The summed E-state index contributed by atoms with van der Waals surface area (Å²) in [4.78, 5) is 0. The van der Waals surface area contributed by atoms with Crippen LogP contribution in [0.5, 0.6) is 0 Å². The molecular weight excluding hydrogens is 383 g/mol. The Labute approximate surface area is 125 Å². The number of alkyl halides is 1. The largest absolute Gasteiger partial charge is 0.335 e. The Morgan fingerprint density at radius 2 is 1.67 bits per heavy atom. The zero-order valence-corrected chi connectivity index (χ0v) is 14.6. The standard InChI is InChI=1S/C12H17Br2O3P/c1-3-16-18(15,17-4-2)9-11-5-10(8-13)6-12(14)7-11/h5-7H,3-4,8-9H2,1-2H3. The molecule has 0 spiro atoms. The molecule has 0 aliphatic rings. The van der Waals surface area contributed by atoms with E-state index in [4.69, 9.17) is 9.05 Å². The monoisotopic (exact) mass is 398 g/mol. The second-order valence-corrected chi connectivity index (χ2v) is 7.24. The molecule has 18 heavy (non-hydrogen) atoms. The molecule has 6 heteroatoms. The summed E-state index contributed by atoms with van der Waals surface area (Å²) in [6.07, 6.45) is 0.300. The highest BCUT2D eigenvalue weighted by Gasteiger charge is 2.24. The number of benzene rings is 1. The Hall–Kier alpha value is 0.330. The van der Waals surface area contributed by atoms with E-state index < -0.39 is 7.60 Å². The molecule has 0 amide bonds. The number of hydrogen-bond acceptors (Lipinski definition) is 3. The van der Waals surface area contributed by atoms with Gasteiger partial charge in [0.05, 0.1) is 19.4 Å². The fourth-order valence-corrected chi connectivity index (χ4v) is 4.22. The maximum Gasteiger partial charge on any atom is 0.335 e. The van der Waals surface area contributed by atoms with E-state index in [0.717, 1.165) is 20.9 Å². The van der Waals surface area contributed by atoms with Crippen molar-refractivity contribution >= 4 is 39.5 Å². The van der Waals surface area contributed by atoms with E-state index in [-0.39, 0.29) is 0 Å². The SMILES string of the molecule is CCOP(=O)(Cc1cc(Br)cc(CBr)c1)OCC. The average Bonchev–Trinajstić information content (AvgIpc) is 2.28. The van der Waals surface area contributed by atoms with E-state index in [0.29, 0.717) is 19.4 Å². The van der Waals surface area contributed by atoms with Gasteiger partial charge >= 0.3 is 7.60 Å². The Morgan fingerprint density at radius 1 is 1.11 bits per heavy atom. The molecule has 102 valence electrons. The van der Waals surface area contributed by atoms with Gasteiger partial charge in [-0.05, 0) is 37.1 Å². The van der Waals surface area contributed by atoms with Crippen LogP contribution >= 0.6 is 39.5 Å². The Kier molecular flexibility index (Phi) is 7.11. The van der Waals surface area contributed by atoms with Gasteiger partial charge in [0, 0.05) is 9.80 Å². The second kappa shape index (κ2) is 7.81. The molecule has 1 rings (SSSR count). The van der Waals surface area contributed by atoms with E-state index in [1.807, 2.05) is 32.0 Å². The van der Waals surface area contributed by atoms with Crippen LogP contribution in [0.25, 0.3) is 0 Å². The molecule has 1 aromatic carbocycles. The molecule has 0 heterocycles. The molecule has 0 atom stereocenters. The lowest BCUT2D eigenvalue weighted by atomic mass is 10.2. The summed E-state index contributed by atoms with van der Waals surface area (Å²) in [5.41, 5.74) is 2.07. The van der Waals surface area contributed by atoms with Gasteiger partial charge in [-0.1, -0.05) is 37.9 Å². The Bertz CT molecular complexity index is 427. The zero-order valence-electron chi connectivity index (χ0n) is 10.5. The maximum atomic E-state index is 12.4. The first-order valence-corrected chi connectivity index (χ1v) is 9.39. The van der Waals surface area contributed by atoms with Crippen LogP contribution in [0.1, 0.15) is 25.0 Å². The van der Waals surface area contributed by atoms with E-state index in [1.54, 1.807) is 0 Å². The van der Waals surface area contributed by atoms with Crippen molar-refractivity contribution in [1.29, 1.82) is 0 Å². The van der Waals surface area contributed by atoms with Gasteiger partial charge < -0.3 is 9.05 Å². The molecule has 0 saturated heterocycles. The normalized spacial score (nSPS) is 11.8. The summed E-state index contributed by atoms with van der Waals surface area (Å²) < 4.78 is 24.0. The van der Waals surface area contributed by atoms with Gasteiger partial charge in [-0.2, -0.15) is 0 Å². The van der Waals surface area contributed by atoms with Crippen LogP contribution in [-0.4, -0.2) is 13.2 Å². The Morgan fingerprint density at radius 3 is 2.17 bits per heavy atom. The lowest BCUT2D eigenvalue weighted by molar-refractivity contribution is 0.219. The van der Waals surface area contributed by atoms with Gasteiger partial charge in [-0.15, -0.1) is 0 Å². The van der Waals surface area contributed by atoms with Gasteiger partial charge in [0.1, 0.15) is 0 Å². The van der Waals surface area contributed by atoms with Gasteiger partial charge in [-0.3, -0.25) is 4.57 Å². The molecule has 0 aliphatic heterocycles. The van der Waals surface area contributed by atoms with Crippen LogP contribution in [-0.2, 0) is 25.1 Å². The molecule has 1 aromatic rings. The smallest absolute Gasteiger partial charge is 0.309 e. The van der Waals surface area contributed by atoms with Gasteiger partial charge in [0.2, 0.25) is 0 Å². The quantitative estimate of drug-likeness (QED) is 0.472. The summed E-state index contributed by atoms with van der Waals surface area (Å²) in [5.74, 6) is 0. The van der Waals surface area contributed by atoms with Crippen molar-refractivity contribution in [2.24, 2.45) is 0 Å². The summed E-state index contributed by atoms with van der Waals surface area (Å²) in [6.45, 7) is 4.40. The van der Waals surface area contributed by atoms with Crippen LogP contribution in [0.15, 0.2) is 22.7 Å². The topological polar surface area (TPSA) is 35.5 Å². The van der Waals surface area contributed by atoms with Gasteiger partial charge in [-0.25, -0.2) is 0 Å². The van der Waals surface area contributed by atoms with E-state index in [1.165, 1.54) is 0 Å². The predicted molar refractivity (Wildman–Crippen MR) is 81.3 cm³/mol. The lowest BCUT2D eigenvalue weighted by Gasteiger charge is -2.17. The number of rotatable bonds is 7. The van der Waals surface area contributed by atoms with Crippen molar-refractivity contribution in [2.75, 3.05) is 13.2 Å². The summed E-state index contributed by atoms with van der Waals surface area (Å²) >= 11 is 6.86. The van der Waals surface area contributed by atoms with Crippen molar-refractivity contribution in [3.8, 4) is 0 Å². The van der Waals surface area contributed by atoms with Crippen molar-refractivity contribution in [1.82, 2.24) is 0 Å². The number of halogens is 2. The van der Waals surface area contributed by atoms with Crippen LogP contribution in [0, 0.1) is 0 Å². The number of hydrogen-bond donors (Lipinski definition) is 0. The molecule has 0 fully saturated rings. The van der Waals surface area contributed by atoms with E-state index >= 15 is 0 Å². The molecule has 0 saturated carbocycles. The second-order valence-electron chi connectivity index (χ2n) is 3.71. The van der Waals surface area contributed by atoms with Crippen molar-refractivity contribution in [3.05, 3.63) is 33.8 Å². The highest BCUT2D eigenvalue weighted by Crippen LogP contribution is 2.51. The molecule has 0 N–H and O–H groups in total. The minimum atomic E-state index is -3.03. The first kappa shape index (κ1) is 16.4. The highest BCUT2D eigenvalue weighted by molar-refractivity contribution is 9.10. The third-order valence-corrected chi connectivity index (χ3v) is 5.36. The zero-order chi connectivity index (χ0) is 13.6. The van der Waals surface area contributed by atoms with Gasteiger partial charge in [0.25, 0.3) is 0 Å². The average molecular weight is 400 g/mol. The van der Waals surface area contributed by atoms with E-state index in [2.05, 4.69) is 31.9 Å². The van der Waals surface area contributed by atoms with Crippen molar-refractivity contribution in [2.45, 2.75) is 25.3 Å². The van der Waals surface area contributed by atoms with Crippen molar-refractivity contribution in [3.63, 3.8) is 0 Å². The first-order chi connectivity index (χ1) is 8.53. The van der Waals surface area contributed by atoms with Crippen molar-refractivity contribution < 1.29 is 13.6 Å². The minimum Gasteiger partial charge on any atom is -0.309 e. The third kappa shape index (κ3) is 5.14. The lowest BCUT2D eigenvalue weighted by Crippen LogP contribution is -1.99. The molecule has 0 aromatic heterocycles. The van der Waals surface area contributed by atoms with Crippen LogP contribution in [0.4, 0.5) is 0 Å². The Balaban J connectivity index is 2.93. The molecule has 3 nitrogen and oxygen atoms in total. The van der Waals surface area contributed by atoms with Crippen LogP contribution < -0.4 is 0 Å². The molecule has 0 aliphatic carbocycles. The fraction of sp³-hybridized carbons (Fsp3) is 0.500. The van der Waals surface area contributed by atoms with Crippen LogP contribution in [0.2, 0.25) is 0 Å². The fourth-order valence-electron chi connectivity index (χ4n) is 1.63. The van der Waals surface area contributed by atoms with Gasteiger partial charge in [0.15, 0.2) is 0 Å². The maximum absolute atomic E-state index is 12.4. The summed E-state index contributed by atoms with van der Waals surface area (Å²) in [6, 6.07) is 5.96. The third-order valence-electron chi connectivity index (χ3n) is 2.20. The minimum absolute atomic E-state index is 0.300. The predicted octanol–water partition coefficient (Wildman–Crippen LogP) is 5.11.